The minimum absolute atomic E-state index is 0.102. The van der Waals surface area contributed by atoms with Crippen molar-refractivity contribution >= 4 is 15.9 Å². The van der Waals surface area contributed by atoms with Crippen LogP contribution in [0.5, 0.6) is 11.5 Å². The Morgan fingerprint density at radius 1 is 1.30 bits per heavy atom. The maximum Gasteiger partial charge on any atom is 0.165 e. The molecule has 110 valence electrons. The number of methoxy groups -OCH3 is 1. The first-order valence-electron chi connectivity index (χ1n) is 7.43. The third kappa shape index (κ3) is 2.56. The predicted molar refractivity (Wildman–Crippen MR) is 83.5 cm³/mol. The Balaban J connectivity index is 1.99. The molecule has 3 rings (SSSR count). The number of halogens is 1. The van der Waals surface area contributed by atoms with E-state index in [-0.39, 0.29) is 5.41 Å². The molecule has 2 aliphatic rings. The molecule has 2 saturated carbocycles. The highest BCUT2D eigenvalue weighted by Gasteiger charge is 2.46. The van der Waals surface area contributed by atoms with E-state index in [0.29, 0.717) is 12.6 Å². The van der Waals surface area contributed by atoms with Crippen molar-refractivity contribution < 1.29 is 9.47 Å². The molecule has 0 aromatic heterocycles. The summed E-state index contributed by atoms with van der Waals surface area (Å²) >= 11 is 3.57. The molecule has 20 heavy (non-hydrogen) atoms. The average molecular weight is 340 g/mol. The molecule has 0 saturated heterocycles. The van der Waals surface area contributed by atoms with Crippen molar-refractivity contribution in [2.75, 3.05) is 13.7 Å². The van der Waals surface area contributed by atoms with E-state index in [9.17, 15) is 0 Å². The molecular weight excluding hydrogens is 318 g/mol. The van der Waals surface area contributed by atoms with Crippen LogP contribution in [0, 0.1) is 0 Å². The topological polar surface area (TPSA) is 44.5 Å². The fourth-order valence-electron chi connectivity index (χ4n) is 3.14. The molecule has 0 unspecified atom stereocenters. The van der Waals surface area contributed by atoms with Crippen molar-refractivity contribution in [2.24, 2.45) is 5.73 Å². The van der Waals surface area contributed by atoms with Crippen molar-refractivity contribution in [3.05, 3.63) is 22.2 Å². The van der Waals surface area contributed by atoms with Crippen molar-refractivity contribution in [1.82, 2.24) is 0 Å². The Kier molecular flexibility index (Phi) is 3.95. The predicted octanol–water partition coefficient (Wildman–Crippen LogP) is 3.77. The smallest absolute Gasteiger partial charge is 0.165 e. The van der Waals surface area contributed by atoms with Gasteiger partial charge in [0.2, 0.25) is 0 Å². The van der Waals surface area contributed by atoms with Crippen LogP contribution in [0.25, 0.3) is 0 Å². The Morgan fingerprint density at radius 3 is 2.55 bits per heavy atom. The second-order valence-corrected chi connectivity index (χ2v) is 6.91. The molecule has 0 atom stereocenters. The second-order valence-electron chi connectivity index (χ2n) is 5.99. The lowest BCUT2D eigenvalue weighted by Gasteiger charge is -2.23. The molecule has 0 radical (unpaired) electrons. The molecule has 3 nitrogen and oxygen atoms in total. The van der Waals surface area contributed by atoms with Crippen LogP contribution >= 0.6 is 15.9 Å². The van der Waals surface area contributed by atoms with Gasteiger partial charge in [0.1, 0.15) is 0 Å². The number of ether oxygens (including phenoxy) is 2. The van der Waals surface area contributed by atoms with Crippen LogP contribution in [0.15, 0.2) is 16.6 Å². The second kappa shape index (κ2) is 5.57. The molecule has 2 aliphatic carbocycles. The standard InChI is InChI=1S/C16H22BrNO2/c1-19-14-9-11(17)8-13(16(10-18)6-7-16)15(14)20-12-4-2-3-5-12/h8-9,12H,2-7,10,18H2,1H3. The SMILES string of the molecule is COc1cc(Br)cc(C2(CN)CC2)c1OC1CCCC1. The molecular formula is C16H22BrNO2. The minimum atomic E-state index is 0.102. The lowest BCUT2D eigenvalue weighted by atomic mass is 9.94. The maximum atomic E-state index is 6.31. The third-order valence-electron chi connectivity index (χ3n) is 4.64. The number of hydrogen-bond donors (Lipinski definition) is 1. The molecule has 0 amide bonds. The first-order valence-corrected chi connectivity index (χ1v) is 8.22. The summed E-state index contributed by atoms with van der Waals surface area (Å²) in [6.45, 7) is 0.674. The highest BCUT2D eigenvalue weighted by atomic mass is 79.9. The number of hydrogen-bond acceptors (Lipinski definition) is 3. The lowest BCUT2D eigenvalue weighted by Crippen LogP contribution is -2.22. The largest absolute Gasteiger partial charge is 0.493 e. The third-order valence-corrected chi connectivity index (χ3v) is 5.10. The van der Waals surface area contributed by atoms with Crippen molar-refractivity contribution in [3.8, 4) is 11.5 Å². The van der Waals surface area contributed by atoms with Crippen LogP contribution in [-0.4, -0.2) is 19.8 Å². The quantitative estimate of drug-likeness (QED) is 0.887. The van der Waals surface area contributed by atoms with Gasteiger partial charge in [-0.3, -0.25) is 0 Å². The first kappa shape index (κ1) is 14.2. The van der Waals surface area contributed by atoms with Crippen LogP contribution < -0.4 is 15.2 Å². The van der Waals surface area contributed by atoms with E-state index in [4.69, 9.17) is 15.2 Å². The maximum absolute atomic E-state index is 6.31. The Bertz CT molecular complexity index is 493. The molecule has 0 bridgehead atoms. The van der Waals surface area contributed by atoms with Crippen LogP contribution in [-0.2, 0) is 5.41 Å². The fourth-order valence-corrected chi connectivity index (χ4v) is 3.58. The molecule has 2 N–H and O–H groups in total. The number of benzene rings is 1. The first-order chi connectivity index (χ1) is 9.68. The minimum Gasteiger partial charge on any atom is -0.493 e. The van der Waals surface area contributed by atoms with Gasteiger partial charge in [-0.2, -0.15) is 0 Å². The van der Waals surface area contributed by atoms with Crippen LogP contribution in [0.1, 0.15) is 44.1 Å². The van der Waals surface area contributed by atoms with Gasteiger partial charge in [0.15, 0.2) is 11.5 Å². The summed E-state index contributed by atoms with van der Waals surface area (Å²) in [6, 6.07) is 4.15. The van der Waals surface area contributed by atoms with E-state index >= 15 is 0 Å². The Hall–Kier alpha value is -0.740. The van der Waals surface area contributed by atoms with Crippen LogP contribution in [0.3, 0.4) is 0 Å². The molecule has 4 heteroatoms. The van der Waals surface area contributed by atoms with E-state index < -0.39 is 0 Å². The van der Waals surface area contributed by atoms with Gasteiger partial charge < -0.3 is 15.2 Å². The van der Waals surface area contributed by atoms with Crippen molar-refractivity contribution in [2.45, 2.75) is 50.0 Å². The monoisotopic (exact) mass is 339 g/mol. The molecule has 1 aromatic carbocycles. The number of nitrogens with two attached hydrogens (primary N) is 1. The van der Waals surface area contributed by atoms with Gasteiger partial charge in [-0.05, 0) is 50.7 Å². The van der Waals surface area contributed by atoms with E-state index in [1.165, 1.54) is 18.4 Å². The van der Waals surface area contributed by atoms with E-state index in [0.717, 1.165) is 41.7 Å². The van der Waals surface area contributed by atoms with E-state index in [2.05, 4.69) is 22.0 Å². The highest BCUT2D eigenvalue weighted by Crippen LogP contribution is 2.54. The molecule has 0 heterocycles. The van der Waals surface area contributed by atoms with E-state index in [1.54, 1.807) is 7.11 Å². The average Bonchev–Trinajstić information content (AvgIpc) is 3.09. The normalized spacial score (nSPS) is 20.9. The molecule has 1 aromatic rings. The molecule has 2 fully saturated rings. The zero-order chi connectivity index (χ0) is 14.2. The van der Waals surface area contributed by atoms with Gasteiger partial charge in [-0.1, -0.05) is 15.9 Å². The fraction of sp³-hybridized carbons (Fsp3) is 0.625. The van der Waals surface area contributed by atoms with Crippen molar-refractivity contribution in [3.63, 3.8) is 0 Å². The zero-order valence-corrected chi connectivity index (χ0v) is 13.5. The van der Waals surface area contributed by atoms with Gasteiger partial charge in [0, 0.05) is 22.0 Å². The molecule has 0 spiro atoms. The van der Waals surface area contributed by atoms with Crippen LogP contribution in [0.2, 0.25) is 0 Å². The van der Waals surface area contributed by atoms with E-state index in [1.807, 2.05) is 6.07 Å². The summed E-state index contributed by atoms with van der Waals surface area (Å²) in [5.41, 5.74) is 7.33. The van der Waals surface area contributed by atoms with Gasteiger partial charge in [-0.15, -0.1) is 0 Å². The Labute approximate surface area is 129 Å². The number of rotatable bonds is 5. The lowest BCUT2D eigenvalue weighted by molar-refractivity contribution is 0.197. The Morgan fingerprint density at radius 2 is 2.00 bits per heavy atom. The van der Waals surface area contributed by atoms with Crippen molar-refractivity contribution in [1.29, 1.82) is 0 Å². The highest BCUT2D eigenvalue weighted by molar-refractivity contribution is 9.10. The van der Waals surface area contributed by atoms with Gasteiger partial charge in [-0.25, -0.2) is 0 Å². The summed E-state index contributed by atoms with van der Waals surface area (Å²) in [6.07, 6.45) is 7.44. The molecule has 0 aliphatic heterocycles. The zero-order valence-electron chi connectivity index (χ0n) is 12.0. The summed E-state index contributed by atoms with van der Waals surface area (Å²) < 4.78 is 12.9. The van der Waals surface area contributed by atoms with Gasteiger partial charge in [0.25, 0.3) is 0 Å². The van der Waals surface area contributed by atoms with Gasteiger partial charge >= 0.3 is 0 Å². The van der Waals surface area contributed by atoms with Gasteiger partial charge in [0.05, 0.1) is 13.2 Å². The summed E-state index contributed by atoms with van der Waals surface area (Å²) in [5, 5.41) is 0. The summed E-state index contributed by atoms with van der Waals surface area (Å²) in [7, 11) is 1.70. The summed E-state index contributed by atoms with van der Waals surface area (Å²) in [5.74, 6) is 1.74. The summed E-state index contributed by atoms with van der Waals surface area (Å²) in [4.78, 5) is 0. The van der Waals surface area contributed by atoms with Crippen LogP contribution in [0.4, 0.5) is 0 Å².